The number of carbonyl (C=O) groups is 1. The summed E-state index contributed by atoms with van der Waals surface area (Å²) in [5.41, 5.74) is 4.50. The van der Waals surface area contributed by atoms with Gasteiger partial charge in [0.25, 0.3) is 5.91 Å². The molecule has 0 saturated carbocycles. The number of rotatable bonds is 4. The average molecular weight is 359 g/mol. The predicted octanol–water partition coefficient (Wildman–Crippen LogP) is 1.48. The van der Waals surface area contributed by atoms with Crippen molar-refractivity contribution in [3.63, 3.8) is 0 Å². The molecule has 26 heavy (non-hydrogen) atoms. The second-order valence-electron chi connectivity index (χ2n) is 7.49. The number of carbonyl (C=O) groups excluding carboxylic acids is 1. The highest BCUT2D eigenvalue weighted by Crippen LogP contribution is 2.22. The van der Waals surface area contributed by atoms with Crippen LogP contribution in [-0.4, -0.2) is 62.3 Å². The van der Waals surface area contributed by atoms with Gasteiger partial charge in [0.15, 0.2) is 0 Å². The lowest BCUT2D eigenvalue weighted by atomic mass is 10.2. The predicted molar refractivity (Wildman–Crippen MR) is 100.0 cm³/mol. The van der Waals surface area contributed by atoms with Gasteiger partial charge in [-0.1, -0.05) is 0 Å². The van der Waals surface area contributed by atoms with Gasteiger partial charge in [-0.25, -0.2) is 0 Å². The van der Waals surface area contributed by atoms with Crippen LogP contribution in [0, 0.1) is 13.8 Å². The second kappa shape index (κ2) is 7.25. The highest BCUT2D eigenvalue weighted by molar-refractivity contribution is 5.95. The van der Waals surface area contributed by atoms with Crippen LogP contribution in [0.1, 0.15) is 45.7 Å². The van der Waals surface area contributed by atoms with E-state index < -0.39 is 6.10 Å². The molecule has 1 unspecified atom stereocenters. The molecule has 1 atom stereocenters. The summed E-state index contributed by atoms with van der Waals surface area (Å²) in [6.07, 6.45) is 0.238. The van der Waals surface area contributed by atoms with Crippen molar-refractivity contribution in [1.29, 1.82) is 0 Å². The van der Waals surface area contributed by atoms with Crippen LogP contribution >= 0.6 is 0 Å². The smallest absolute Gasteiger partial charge is 0.256 e. The number of hydrogen-bond donors (Lipinski definition) is 1. The van der Waals surface area contributed by atoms with Crippen molar-refractivity contribution in [2.45, 2.75) is 39.5 Å². The molecule has 7 heteroatoms. The molecule has 3 rings (SSSR count). The first-order valence-electron chi connectivity index (χ1n) is 9.09. The molecule has 0 radical (unpaired) electrons. The molecule has 2 aromatic heterocycles. The van der Waals surface area contributed by atoms with E-state index >= 15 is 0 Å². The highest BCUT2D eigenvalue weighted by Gasteiger charge is 2.25. The van der Waals surface area contributed by atoms with Crippen LogP contribution in [0.3, 0.4) is 0 Å². The van der Waals surface area contributed by atoms with E-state index in [1.165, 1.54) is 0 Å². The first-order chi connectivity index (χ1) is 12.3. The Morgan fingerprint density at radius 3 is 2.65 bits per heavy atom. The van der Waals surface area contributed by atoms with Gasteiger partial charge in [-0.3, -0.25) is 9.48 Å². The minimum atomic E-state index is -0.618. The van der Waals surface area contributed by atoms with Gasteiger partial charge in [-0.15, -0.1) is 0 Å². The Morgan fingerprint density at radius 2 is 2.04 bits per heavy atom. The molecule has 3 heterocycles. The lowest BCUT2D eigenvalue weighted by Gasteiger charge is -2.20. The molecular weight excluding hydrogens is 330 g/mol. The van der Waals surface area contributed by atoms with E-state index in [1.54, 1.807) is 0 Å². The minimum Gasteiger partial charge on any atom is -0.385 e. The quantitative estimate of drug-likeness (QED) is 0.898. The summed E-state index contributed by atoms with van der Waals surface area (Å²) >= 11 is 0. The fourth-order valence-electron chi connectivity index (χ4n) is 3.50. The Hall–Kier alpha value is -2.12. The highest BCUT2D eigenvalue weighted by atomic mass is 16.3. The third-order valence-corrected chi connectivity index (χ3v) is 5.21. The number of fused-ring (bicyclic) bond motifs is 1. The summed E-state index contributed by atoms with van der Waals surface area (Å²) in [7, 11) is 5.83. The van der Waals surface area contributed by atoms with Crippen molar-refractivity contribution in [3.8, 4) is 0 Å². The first-order valence-corrected chi connectivity index (χ1v) is 9.09. The zero-order chi connectivity index (χ0) is 19.0. The first kappa shape index (κ1) is 18.7. The Bertz CT molecular complexity index is 805. The summed E-state index contributed by atoms with van der Waals surface area (Å²) in [4.78, 5) is 16.9. The van der Waals surface area contributed by atoms with Gasteiger partial charge in [0.05, 0.1) is 23.5 Å². The normalized spacial score (nSPS) is 15.9. The Balaban J connectivity index is 1.82. The fourth-order valence-corrected chi connectivity index (χ4v) is 3.50. The van der Waals surface area contributed by atoms with Crippen LogP contribution in [0.4, 0.5) is 0 Å². The van der Waals surface area contributed by atoms with Gasteiger partial charge >= 0.3 is 0 Å². The molecule has 0 spiro atoms. The summed E-state index contributed by atoms with van der Waals surface area (Å²) in [5.74, 6) is 0.0660. The summed E-state index contributed by atoms with van der Waals surface area (Å²) in [5, 5.41) is 14.9. The Kier molecular flexibility index (Phi) is 5.20. The number of hydrogen-bond acceptors (Lipinski definition) is 4. The van der Waals surface area contributed by atoms with E-state index in [4.69, 9.17) is 0 Å². The van der Waals surface area contributed by atoms with Crippen molar-refractivity contribution >= 4 is 5.91 Å². The maximum Gasteiger partial charge on any atom is 0.256 e. The number of aliphatic hydroxyl groups excluding tert-OH is 1. The lowest BCUT2D eigenvalue weighted by Crippen LogP contribution is -2.31. The molecule has 1 aliphatic heterocycles. The van der Waals surface area contributed by atoms with Crippen LogP contribution in [0.5, 0.6) is 0 Å². The zero-order valence-corrected chi connectivity index (χ0v) is 16.4. The molecule has 142 valence electrons. The second-order valence-corrected chi connectivity index (χ2v) is 7.49. The van der Waals surface area contributed by atoms with Crippen molar-refractivity contribution in [1.82, 2.24) is 24.1 Å². The van der Waals surface area contributed by atoms with Crippen molar-refractivity contribution in [2.75, 3.05) is 27.2 Å². The molecule has 1 amide bonds. The molecule has 0 fully saturated rings. The number of likely N-dealkylation sites (N-methyl/N-ethyl adjacent to an activating group) is 1. The SMILES string of the molecule is Cc1cc(C(=O)N2CCCn3nc(C(O)CN(C)C)cc3C2)c(C)n1C. The summed E-state index contributed by atoms with van der Waals surface area (Å²) < 4.78 is 3.98. The maximum atomic E-state index is 13.1. The standard InChI is InChI=1S/C19H29N5O2/c1-13-9-16(14(2)22(13)5)19(26)23-7-6-8-24-15(11-23)10-17(20-24)18(25)12-21(3)4/h9-10,18,25H,6-8,11-12H2,1-5H3. The Morgan fingerprint density at radius 1 is 1.31 bits per heavy atom. The Labute approximate surface area is 154 Å². The van der Waals surface area contributed by atoms with E-state index in [-0.39, 0.29) is 5.91 Å². The zero-order valence-electron chi connectivity index (χ0n) is 16.4. The van der Waals surface area contributed by atoms with Gasteiger partial charge in [0.2, 0.25) is 0 Å². The number of amides is 1. The number of aryl methyl sites for hydroxylation is 2. The third-order valence-electron chi connectivity index (χ3n) is 5.21. The van der Waals surface area contributed by atoms with E-state index in [0.29, 0.717) is 25.3 Å². The lowest BCUT2D eigenvalue weighted by molar-refractivity contribution is 0.0745. The number of aliphatic hydroxyl groups is 1. The maximum absolute atomic E-state index is 13.1. The molecule has 0 saturated heterocycles. The largest absolute Gasteiger partial charge is 0.385 e. The van der Waals surface area contributed by atoms with Gasteiger partial charge in [-0.05, 0) is 46.5 Å². The molecule has 2 aromatic rings. The topological polar surface area (TPSA) is 66.5 Å². The molecule has 0 bridgehead atoms. The van der Waals surface area contributed by atoms with Crippen molar-refractivity contribution in [3.05, 3.63) is 40.5 Å². The van der Waals surface area contributed by atoms with E-state index in [9.17, 15) is 9.90 Å². The monoisotopic (exact) mass is 359 g/mol. The average Bonchev–Trinajstić information content (AvgIpc) is 3.02. The molecule has 1 N–H and O–H groups in total. The van der Waals surface area contributed by atoms with Crippen LogP contribution in [0.15, 0.2) is 12.1 Å². The third kappa shape index (κ3) is 3.54. The van der Waals surface area contributed by atoms with Crippen LogP contribution < -0.4 is 0 Å². The molecule has 0 aliphatic carbocycles. The van der Waals surface area contributed by atoms with E-state index in [0.717, 1.165) is 35.6 Å². The molecular formula is C19H29N5O2. The van der Waals surface area contributed by atoms with E-state index in [1.807, 2.05) is 66.2 Å². The number of nitrogens with zero attached hydrogens (tertiary/aromatic N) is 5. The van der Waals surface area contributed by atoms with Crippen molar-refractivity contribution < 1.29 is 9.90 Å². The molecule has 1 aliphatic rings. The minimum absolute atomic E-state index is 0.0660. The molecule has 7 nitrogen and oxygen atoms in total. The summed E-state index contributed by atoms with van der Waals surface area (Å²) in [6.45, 7) is 6.53. The van der Waals surface area contributed by atoms with Crippen LogP contribution in [-0.2, 0) is 20.1 Å². The number of aromatic nitrogens is 3. The van der Waals surface area contributed by atoms with Crippen molar-refractivity contribution in [2.24, 2.45) is 7.05 Å². The van der Waals surface area contributed by atoms with Crippen LogP contribution in [0.2, 0.25) is 0 Å². The van der Waals surface area contributed by atoms with Gasteiger partial charge in [-0.2, -0.15) is 5.10 Å². The van der Waals surface area contributed by atoms with Gasteiger partial charge in [0.1, 0.15) is 6.10 Å². The van der Waals surface area contributed by atoms with E-state index in [2.05, 4.69) is 5.10 Å². The summed E-state index contributed by atoms with van der Waals surface area (Å²) in [6, 6.07) is 3.90. The fraction of sp³-hybridized carbons (Fsp3) is 0.579. The van der Waals surface area contributed by atoms with Gasteiger partial charge in [0, 0.05) is 38.1 Å². The van der Waals surface area contributed by atoms with Crippen LogP contribution in [0.25, 0.3) is 0 Å². The van der Waals surface area contributed by atoms with Gasteiger partial charge < -0.3 is 19.5 Å². The molecule has 0 aromatic carbocycles.